The quantitative estimate of drug-likeness (QED) is 0.217. The van der Waals surface area contributed by atoms with Crippen molar-refractivity contribution >= 4 is 28.4 Å². The zero-order valence-corrected chi connectivity index (χ0v) is 19.5. The number of nitrogens with zero attached hydrogens (tertiary/aromatic N) is 3. The summed E-state index contributed by atoms with van der Waals surface area (Å²) < 4.78 is 23.1. The van der Waals surface area contributed by atoms with E-state index >= 15 is 0 Å². The number of methoxy groups -OCH3 is 1. The van der Waals surface area contributed by atoms with Crippen LogP contribution in [0.15, 0.2) is 64.5 Å². The molecule has 0 saturated heterocycles. The molecule has 0 amide bonds. The Balaban J connectivity index is 1.71. The normalized spacial score (nSPS) is 11.3. The average molecular weight is 466 g/mol. The molecule has 0 N–H and O–H groups in total. The first kappa shape index (κ1) is 22.9. The smallest absolute Gasteiger partial charge is 0.266 e. The summed E-state index contributed by atoms with van der Waals surface area (Å²) in [6, 6.07) is 14.8. The Morgan fingerprint density at radius 1 is 1.12 bits per heavy atom. The van der Waals surface area contributed by atoms with E-state index in [1.54, 1.807) is 43.5 Å². The van der Waals surface area contributed by atoms with Crippen LogP contribution < -0.4 is 5.56 Å². The number of benzene rings is 2. The number of para-hydroxylation sites is 2. The summed E-state index contributed by atoms with van der Waals surface area (Å²) in [5.74, 6) is -0.556. The average Bonchev–Trinajstić information content (AvgIpc) is 3.10. The fourth-order valence-electron chi connectivity index (χ4n) is 3.87. The van der Waals surface area contributed by atoms with Crippen molar-refractivity contribution < 1.29 is 13.9 Å². The summed E-state index contributed by atoms with van der Waals surface area (Å²) in [5, 5.41) is 0.656. The van der Waals surface area contributed by atoms with Crippen molar-refractivity contribution in [2.75, 3.05) is 19.5 Å². The maximum Gasteiger partial charge on any atom is 0.266 e. The van der Waals surface area contributed by atoms with Crippen LogP contribution in [-0.4, -0.2) is 39.4 Å². The highest BCUT2D eigenvalue weighted by molar-refractivity contribution is 7.99. The van der Waals surface area contributed by atoms with E-state index in [2.05, 4.69) is 4.98 Å². The molecule has 0 bridgehead atoms. The highest BCUT2D eigenvalue weighted by Crippen LogP contribution is 2.25. The molecule has 0 aliphatic heterocycles. The highest BCUT2D eigenvalue weighted by Gasteiger charge is 2.20. The first-order valence-electron chi connectivity index (χ1n) is 10.5. The van der Waals surface area contributed by atoms with Gasteiger partial charge >= 0.3 is 0 Å². The van der Waals surface area contributed by atoms with Crippen LogP contribution in [-0.2, 0) is 11.3 Å². The van der Waals surface area contributed by atoms with Crippen molar-refractivity contribution in [2.24, 2.45) is 0 Å². The maximum absolute atomic E-state index is 14.6. The van der Waals surface area contributed by atoms with Crippen LogP contribution in [0.5, 0.6) is 0 Å². The predicted molar refractivity (Wildman–Crippen MR) is 128 cm³/mol. The minimum atomic E-state index is -0.536. The monoisotopic (exact) mass is 465 g/mol. The van der Waals surface area contributed by atoms with Gasteiger partial charge in [-0.3, -0.25) is 14.2 Å². The van der Waals surface area contributed by atoms with Crippen molar-refractivity contribution in [3.63, 3.8) is 0 Å². The summed E-state index contributed by atoms with van der Waals surface area (Å²) in [6.07, 6.45) is 0. The van der Waals surface area contributed by atoms with Gasteiger partial charge in [-0.05, 0) is 44.2 Å². The van der Waals surface area contributed by atoms with Crippen molar-refractivity contribution in [3.05, 3.63) is 87.7 Å². The van der Waals surface area contributed by atoms with Gasteiger partial charge in [0.15, 0.2) is 10.9 Å². The van der Waals surface area contributed by atoms with Gasteiger partial charge in [0.2, 0.25) is 0 Å². The van der Waals surface area contributed by atoms with Crippen LogP contribution in [0.3, 0.4) is 0 Å². The molecule has 0 spiro atoms. The molecule has 2 aromatic carbocycles. The molecule has 4 aromatic rings. The van der Waals surface area contributed by atoms with Gasteiger partial charge in [-0.15, -0.1) is 0 Å². The lowest BCUT2D eigenvalue weighted by Gasteiger charge is -2.13. The fourth-order valence-corrected chi connectivity index (χ4v) is 4.76. The Hall–Kier alpha value is -3.23. The Morgan fingerprint density at radius 3 is 2.61 bits per heavy atom. The SMILES string of the molecule is COCCn1c(C)cc(C(=O)CSc2nc3ccccc3c(=O)n2-c2ccccc2F)c1C. The van der Waals surface area contributed by atoms with Gasteiger partial charge in [-0.25, -0.2) is 9.37 Å². The third kappa shape index (κ3) is 4.49. The molecule has 0 fully saturated rings. The van der Waals surface area contributed by atoms with E-state index in [1.165, 1.54) is 16.7 Å². The number of carbonyl (C=O) groups excluding carboxylic acids is 1. The van der Waals surface area contributed by atoms with Gasteiger partial charge in [0.1, 0.15) is 5.82 Å². The van der Waals surface area contributed by atoms with Crippen LogP contribution in [0.4, 0.5) is 4.39 Å². The van der Waals surface area contributed by atoms with Crippen LogP contribution in [0.1, 0.15) is 21.7 Å². The summed E-state index contributed by atoms with van der Waals surface area (Å²) in [7, 11) is 1.64. The molecular formula is C25H24FN3O3S. The first-order valence-corrected chi connectivity index (χ1v) is 11.5. The molecule has 33 heavy (non-hydrogen) atoms. The van der Waals surface area contributed by atoms with Crippen molar-refractivity contribution in [1.29, 1.82) is 0 Å². The minimum absolute atomic E-state index is 0.0633. The van der Waals surface area contributed by atoms with E-state index in [1.807, 2.05) is 24.5 Å². The maximum atomic E-state index is 14.6. The second-order valence-electron chi connectivity index (χ2n) is 7.64. The first-order chi connectivity index (χ1) is 15.9. The van der Waals surface area contributed by atoms with Gasteiger partial charge in [-0.2, -0.15) is 0 Å². The second kappa shape index (κ2) is 9.72. The van der Waals surface area contributed by atoms with Gasteiger partial charge < -0.3 is 9.30 Å². The van der Waals surface area contributed by atoms with Crippen LogP contribution in [0, 0.1) is 19.7 Å². The number of halogens is 1. The number of Topliss-reactive ketones (excluding diaryl/α,β-unsaturated/α-hetero) is 1. The molecule has 4 rings (SSSR count). The molecule has 0 aliphatic rings. The van der Waals surface area contributed by atoms with E-state index in [-0.39, 0.29) is 27.9 Å². The molecule has 2 heterocycles. The molecule has 170 valence electrons. The number of aromatic nitrogens is 3. The number of thioether (sulfide) groups is 1. The third-order valence-corrected chi connectivity index (χ3v) is 6.50. The van der Waals surface area contributed by atoms with Gasteiger partial charge in [-0.1, -0.05) is 36.0 Å². The molecule has 0 atom stereocenters. The van der Waals surface area contributed by atoms with Crippen LogP contribution >= 0.6 is 11.8 Å². The number of ether oxygens (including phenoxy) is 1. The van der Waals surface area contributed by atoms with E-state index in [0.29, 0.717) is 29.6 Å². The van der Waals surface area contributed by atoms with E-state index < -0.39 is 5.82 Å². The van der Waals surface area contributed by atoms with E-state index in [9.17, 15) is 14.0 Å². The molecular weight excluding hydrogens is 441 g/mol. The second-order valence-corrected chi connectivity index (χ2v) is 8.59. The number of carbonyl (C=O) groups is 1. The molecule has 0 aliphatic carbocycles. The lowest BCUT2D eigenvalue weighted by molar-refractivity contribution is 0.102. The fraction of sp³-hybridized carbons (Fsp3) is 0.240. The lowest BCUT2D eigenvalue weighted by atomic mass is 10.2. The van der Waals surface area contributed by atoms with Gasteiger partial charge in [0.05, 0.1) is 29.0 Å². The third-order valence-electron chi connectivity index (χ3n) is 5.56. The lowest BCUT2D eigenvalue weighted by Crippen LogP contribution is -2.23. The number of rotatable bonds is 8. The van der Waals surface area contributed by atoms with Crippen molar-refractivity contribution in [1.82, 2.24) is 14.1 Å². The minimum Gasteiger partial charge on any atom is -0.383 e. The summed E-state index contributed by atoms with van der Waals surface area (Å²) in [4.78, 5) is 30.9. The van der Waals surface area contributed by atoms with Gasteiger partial charge in [0.25, 0.3) is 5.56 Å². The Morgan fingerprint density at radius 2 is 1.85 bits per heavy atom. The topological polar surface area (TPSA) is 66.1 Å². The number of aryl methyl sites for hydroxylation is 1. The van der Waals surface area contributed by atoms with Crippen molar-refractivity contribution in [2.45, 2.75) is 25.5 Å². The van der Waals surface area contributed by atoms with E-state index in [0.717, 1.165) is 23.1 Å². The number of hydrogen-bond donors (Lipinski definition) is 0. The Labute approximate surface area is 195 Å². The zero-order valence-electron chi connectivity index (χ0n) is 18.7. The van der Waals surface area contributed by atoms with Crippen molar-refractivity contribution in [3.8, 4) is 5.69 Å². The molecule has 0 saturated carbocycles. The van der Waals surface area contributed by atoms with E-state index in [4.69, 9.17) is 4.74 Å². The standard InChI is InChI=1S/C25H24FN3O3S/c1-16-14-19(17(2)28(16)12-13-32-3)23(30)15-33-25-27-21-10-6-4-8-18(21)24(31)29(25)22-11-7-5-9-20(22)26/h4-11,14H,12-13,15H2,1-3H3. The largest absolute Gasteiger partial charge is 0.383 e. The summed E-state index contributed by atoms with van der Waals surface area (Å²) >= 11 is 1.13. The summed E-state index contributed by atoms with van der Waals surface area (Å²) in [6.45, 7) is 5.07. The molecule has 6 nitrogen and oxygen atoms in total. The number of ketones is 1. The Kier molecular flexibility index (Phi) is 6.76. The zero-order chi connectivity index (χ0) is 23.5. The number of hydrogen-bond acceptors (Lipinski definition) is 5. The highest BCUT2D eigenvalue weighted by atomic mass is 32.2. The Bertz CT molecular complexity index is 1390. The molecule has 2 aromatic heterocycles. The van der Waals surface area contributed by atoms with Crippen LogP contribution in [0.25, 0.3) is 16.6 Å². The molecule has 8 heteroatoms. The van der Waals surface area contributed by atoms with Gasteiger partial charge in [0, 0.05) is 30.6 Å². The molecule has 0 unspecified atom stereocenters. The van der Waals surface area contributed by atoms with Crippen LogP contribution in [0.2, 0.25) is 0 Å². The predicted octanol–water partition coefficient (Wildman–Crippen LogP) is 4.56. The molecule has 0 radical (unpaired) electrons. The summed E-state index contributed by atoms with van der Waals surface area (Å²) in [5.41, 5.74) is 2.70. The number of fused-ring (bicyclic) bond motifs is 1.